The number of carbonyl (C=O) groups excluding carboxylic acids is 2. The van der Waals surface area contributed by atoms with Crippen LogP contribution in [0.5, 0.6) is 0 Å². The maximum absolute atomic E-state index is 13.3. The second kappa shape index (κ2) is 6.64. The molecule has 1 fully saturated rings. The van der Waals surface area contributed by atoms with E-state index < -0.39 is 18.0 Å². The molecule has 2 unspecified atom stereocenters. The van der Waals surface area contributed by atoms with Crippen LogP contribution in [0.1, 0.15) is 18.6 Å². The Balaban J connectivity index is 2.03. The number of halogens is 1. The molecular formula is C14H18FN3O3. The Bertz CT molecular complexity index is 538. The maximum atomic E-state index is 13.3. The van der Waals surface area contributed by atoms with Gasteiger partial charge in [-0.05, 0) is 24.6 Å². The van der Waals surface area contributed by atoms with Gasteiger partial charge in [-0.1, -0.05) is 12.1 Å². The van der Waals surface area contributed by atoms with Crippen molar-refractivity contribution in [3.8, 4) is 0 Å². The lowest BCUT2D eigenvalue weighted by Crippen LogP contribution is -2.52. The number of hydrogen-bond acceptors (Lipinski definition) is 4. The van der Waals surface area contributed by atoms with Gasteiger partial charge in [0.05, 0.1) is 18.8 Å². The van der Waals surface area contributed by atoms with E-state index in [2.05, 4.69) is 5.32 Å². The number of urea groups is 1. The number of carbonyl (C=O) groups is 2. The fourth-order valence-electron chi connectivity index (χ4n) is 2.32. The molecule has 0 spiro atoms. The van der Waals surface area contributed by atoms with Crippen molar-refractivity contribution >= 4 is 11.9 Å². The summed E-state index contributed by atoms with van der Waals surface area (Å²) in [5.41, 5.74) is 5.66. The predicted molar refractivity (Wildman–Crippen MR) is 73.9 cm³/mol. The highest BCUT2D eigenvalue weighted by molar-refractivity contribution is 5.96. The predicted octanol–water partition coefficient (Wildman–Crippen LogP) is 0.782. The number of primary amides is 1. The number of nitrogens with two attached hydrogens (primary N) is 1. The zero-order chi connectivity index (χ0) is 15.4. The van der Waals surface area contributed by atoms with Crippen molar-refractivity contribution in [1.29, 1.82) is 0 Å². The zero-order valence-corrected chi connectivity index (χ0v) is 11.7. The molecule has 1 heterocycles. The maximum Gasteiger partial charge on any atom is 0.318 e. The zero-order valence-electron chi connectivity index (χ0n) is 11.7. The highest BCUT2D eigenvalue weighted by Gasteiger charge is 2.29. The number of amides is 3. The topological polar surface area (TPSA) is 84.7 Å². The van der Waals surface area contributed by atoms with E-state index in [0.29, 0.717) is 19.7 Å². The van der Waals surface area contributed by atoms with E-state index in [1.54, 1.807) is 19.1 Å². The first-order chi connectivity index (χ1) is 9.97. The molecule has 1 aromatic carbocycles. The van der Waals surface area contributed by atoms with Gasteiger partial charge in [-0.2, -0.15) is 0 Å². The molecule has 2 atom stereocenters. The molecule has 2 rings (SSSR count). The van der Waals surface area contributed by atoms with Gasteiger partial charge in [0.1, 0.15) is 5.82 Å². The van der Waals surface area contributed by atoms with Crippen molar-refractivity contribution in [2.24, 2.45) is 5.73 Å². The Morgan fingerprint density at radius 3 is 2.95 bits per heavy atom. The Kier molecular flexibility index (Phi) is 4.87. The van der Waals surface area contributed by atoms with Gasteiger partial charge >= 0.3 is 6.03 Å². The van der Waals surface area contributed by atoms with Gasteiger partial charge in [0.15, 0.2) is 0 Å². The number of nitrogens with one attached hydrogen (secondary N) is 1. The van der Waals surface area contributed by atoms with E-state index in [1.165, 1.54) is 12.1 Å². The standard InChI is InChI=1S/C14H18FN3O3/c1-9(13(19)17-14(16)20)18-5-6-21-12(8-18)10-3-2-4-11(15)7-10/h2-4,7,9,12H,5-6,8H2,1H3,(H3,16,17,19,20). The lowest BCUT2D eigenvalue weighted by Gasteiger charge is -2.36. The minimum Gasteiger partial charge on any atom is -0.371 e. The van der Waals surface area contributed by atoms with Crippen molar-refractivity contribution in [1.82, 2.24) is 10.2 Å². The summed E-state index contributed by atoms with van der Waals surface area (Å²) in [6.07, 6.45) is -0.307. The normalized spacial score (nSPS) is 20.8. The molecule has 114 valence electrons. The van der Waals surface area contributed by atoms with E-state index in [1.807, 2.05) is 4.90 Å². The SMILES string of the molecule is CC(C(=O)NC(N)=O)N1CCOC(c2cccc(F)c2)C1. The van der Waals surface area contributed by atoms with Gasteiger partial charge < -0.3 is 10.5 Å². The summed E-state index contributed by atoms with van der Waals surface area (Å²) < 4.78 is 18.9. The number of hydrogen-bond donors (Lipinski definition) is 2. The molecule has 0 bridgehead atoms. The quantitative estimate of drug-likeness (QED) is 0.863. The van der Waals surface area contributed by atoms with E-state index in [9.17, 15) is 14.0 Å². The molecule has 1 aliphatic rings. The second-order valence-corrected chi connectivity index (χ2v) is 4.94. The lowest BCUT2D eigenvalue weighted by atomic mass is 10.1. The average molecular weight is 295 g/mol. The number of morpholine rings is 1. The molecule has 21 heavy (non-hydrogen) atoms. The Labute approximate surface area is 122 Å². The van der Waals surface area contributed by atoms with Crippen molar-refractivity contribution in [3.05, 3.63) is 35.6 Å². The molecule has 0 saturated carbocycles. The van der Waals surface area contributed by atoms with E-state index in [-0.39, 0.29) is 11.9 Å². The number of benzene rings is 1. The summed E-state index contributed by atoms with van der Waals surface area (Å²) >= 11 is 0. The molecule has 1 saturated heterocycles. The molecule has 6 nitrogen and oxygen atoms in total. The fraction of sp³-hybridized carbons (Fsp3) is 0.429. The Morgan fingerprint density at radius 1 is 1.52 bits per heavy atom. The number of nitrogens with zero attached hydrogens (tertiary/aromatic N) is 1. The Hall–Kier alpha value is -1.99. The summed E-state index contributed by atoms with van der Waals surface area (Å²) in [6, 6.07) is 4.80. The van der Waals surface area contributed by atoms with Gasteiger partial charge in [0.25, 0.3) is 0 Å². The minimum absolute atomic E-state index is 0.307. The fourth-order valence-corrected chi connectivity index (χ4v) is 2.32. The van der Waals surface area contributed by atoms with Gasteiger partial charge in [-0.3, -0.25) is 15.0 Å². The lowest BCUT2D eigenvalue weighted by molar-refractivity contribution is -0.128. The monoisotopic (exact) mass is 295 g/mol. The third-order valence-electron chi connectivity index (χ3n) is 3.49. The first kappa shape index (κ1) is 15.4. The number of imide groups is 1. The number of rotatable bonds is 3. The molecule has 7 heteroatoms. The van der Waals surface area contributed by atoms with Crippen molar-refractivity contribution in [2.75, 3.05) is 19.7 Å². The summed E-state index contributed by atoms with van der Waals surface area (Å²) in [5, 5.41) is 2.06. The number of ether oxygens (including phenoxy) is 1. The van der Waals surface area contributed by atoms with Crippen LogP contribution < -0.4 is 11.1 Å². The van der Waals surface area contributed by atoms with Crippen LogP contribution in [0, 0.1) is 5.82 Å². The van der Waals surface area contributed by atoms with Gasteiger partial charge in [0.2, 0.25) is 5.91 Å². The van der Waals surface area contributed by atoms with E-state index >= 15 is 0 Å². The summed E-state index contributed by atoms with van der Waals surface area (Å²) in [4.78, 5) is 24.4. The third-order valence-corrected chi connectivity index (χ3v) is 3.49. The van der Waals surface area contributed by atoms with Gasteiger partial charge in [0, 0.05) is 13.1 Å². The van der Waals surface area contributed by atoms with Crippen LogP contribution in [-0.2, 0) is 9.53 Å². The highest BCUT2D eigenvalue weighted by atomic mass is 19.1. The molecule has 0 radical (unpaired) electrons. The van der Waals surface area contributed by atoms with Crippen molar-refractivity contribution in [2.45, 2.75) is 19.1 Å². The van der Waals surface area contributed by atoms with Crippen LogP contribution in [-0.4, -0.2) is 42.6 Å². The first-order valence-corrected chi connectivity index (χ1v) is 6.69. The van der Waals surface area contributed by atoms with Crippen LogP contribution in [0.25, 0.3) is 0 Å². The van der Waals surface area contributed by atoms with E-state index in [4.69, 9.17) is 10.5 Å². The first-order valence-electron chi connectivity index (χ1n) is 6.69. The minimum atomic E-state index is -0.873. The summed E-state index contributed by atoms with van der Waals surface area (Å²) in [6.45, 7) is 3.11. The summed E-state index contributed by atoms with van der Waals surface area (Å²) in [5.74, 6) is -0.782. The van der Waals surface area contributed by atoms with Crippen LogP contribution in [0.2, 0.25) is 0 Å². The van der Waals surface area contributed by atoms with Crippen LogP contribution in [0.3, 0.4) is 0 Å². The summed E-state index contributed by atoms with van der Waals surface area (Å²) in [7, 11) is 0. The van der Waals surface area contributed by atoms with Gasteiger partial charge in [-0.15, -0.1) is 0 Å². The average Bonchev–Trinajstić information content (AvgIpc) is 2.46. The molecule has 3 amide bonds. The molecule has 0 aliphatic carbocycles. The van der Waals surface area contributed by atoms with Crippen LogP contribution in [0.15, 0.2) is 24.3 Å². The van der Waals surface area contributed by atoms with Crippen molar-refractivity contribution in [3.63, 3.8) is 0 Å². The third kappa shape index (κ3) is 3.99. The largest absolute Gasteiger partial charge is 0.371 e. The Morgan fingerprint density at radius 2 is 2.29 bits per heavy atom. The smallest absolute Gasteiger partial charge is 0.318 e. The van der Waals surface area contributed by atoms with Crippen LogP contribution >= 0.6 is 0 Å². The molecule has 1 aromatic rings. The molecule has 0 aromatic heterocycles. The highest BCUT2D eigenvalue weighted by Crippen LogP contribution is 2.23. The molecular weight excluding hydrogens is 277 g/mol. The molecule has 1 aliphatic heterocycles. The second-order valence-electron chi connectivity index (χ2n) is 4.94. The van der Waals surface area contributed by atoms with Gasteiger partial charge in [-0.25, -0.2) is 9.18 Å². The van der Waals surface area contributed by atoms with Crippen LogP contribution in [0.4, 0.5) is 9.18 Å². The van der Waals surface area contributed by atoms with Crippen molar-refractivity contribution < 1.29 is 18.7 Å². The van der Waals surface area contributed by atoms with E-state index in [0.717, 1.165) is 5.56 Å². The molecule has 3 N–H and O–H groups in total.